The lowest BCUT2D eigenvalue weighted by Gasteiger charge is -2.04. The van der Waals surface area contributed by atoms with Gasteiger partial charge in [-0.2, -0.15) is 0 Å². The summed E-state index contributed by atoms with van der Waals surface area (Å²) in [5, 5.41) is 10.3. The average Bonchev–Trinajstić information content (AvgIpc) is 2.73. The van der Waals surface area contributed by atoms with Crippen molar-refractivity contribution >= 4 is 17.0 Å². The fraction of sp³-hybridized carbons (Fsp3) is 0.400. The van der Waals surface area contributed by atoms with E-state index in [9.17, 15) is 0 Å². The van der Waals surface area contributed by atoms with Gasteiger partial charge in [0.1, 0.15) is 5.82 Å². The van der Waals surface area contributed by atoms with Gasteiger partial charge in [0, 0.05) is 6.54 Å². The Labute approximate surface area is 92.8 Å². The standard InChI is InChI=1S/C10H14N4S/c1-4-14-7(3)12-13-10(14)9-8(11)6(2)5-15-9/h5H,4,11H2,1-3H3. The molecule has 0 spiro atoms. The minimum Gasteiger partial charge on any atom is -0.397 e. The lowest BCUT2D eigenvalue weighted by molar-refractivity contribution is 0.738. The maximum absolute atomic E-state index is 6.00. The van der Waals surface area contributed by atoms with Crippen molar-refractivity contribution in [3.8, 4) is 10.7 Å². The smallest absolute Gasteiger partial charge is 0.176 e. The molecule has 2 heterocycles. The topological polar surface area (TPSA) is 56.7 Å². The number of aryl methyl sites for hydroxylation is 2. The van der Waals surface area contributed by atoms with Crippen molar-refractivity contribution in [1.29, 1.82) is 0 Å². The summed E-state index contributed by atoms with van der Waals surface area (Å²) < 4.78 is 2.07. The predicted octanol–water partition coefficient (Wildman–Crippen LogP) is 2.23. The van der Waals surface area contributed by atoms with Crippen molar-refractivity contribution in [2.75, 3.05) is 5.73 Å². The zero-order valence-electron chi connectivity index (χ0n) is 9.11. The summed E-state index contributed by atoms with van der Waals surface area (Å²) in [5.41, 5.74) is 7.93. The maximum atomic E-state index is 6.00. The third-order valence-electron chi connectivity index (χ3n) is 2.48. The summed E-state index contributed by atoms with van der Waals surface area (Å²) >= 11 is 1.62. The molecule has 0 radical (unpaired) electrons. The van der Waals surface area contributed by atoms with Crippen LogP contribution in [0, 0.1) is 13.8 Å². The Balaban J connectivity index is 2.58. The van der Waals surface area contributed by atoms with Crippen LogP contribution in [0.5, 0.6) is 0 Å². The van der Waals surface area contributed by atoms with Crippen LogP contribution in [0.2, 0.25) is 0 Å². The van der Waals surface area contributed by atoms with Crippen molar-refractivity contribution in [3.05, 3.63) is 16.8 Å². The molecule has 2 aromatic heterocycles. The van der Waals surface area contributed by atoms with E-state index in [1.54, 1.807) is 11.3 Å². The summed E-state index contributed by atoms with van der Waals surface area (Å²) in [6.07, 6.45) is 0. The summed E-state index contributed by atoms with van der Waals surface area (Å²) in [4.78, 5) is 1.02. The van der Waals surface area contributed by atoms with Crippen molar-refractivity contribution in [1.82, 2.24) is 14.8 Å². The van der Waals surface area contributed by atoms with E-state index >= 15 is 0 Å². The van der Waals surface area contributed by atoms with Gasteiger partial charge in [-0.05, 0) is 31.7 Å². The number of thiophene rings is 1. The molecule has 2 aromatic rings. The lowest BCUT2D eigenvalue weighted by Crippen LogP contribution is -2.00. The molecular weight excluding hydrogens is 208 g/mol. The number of aromatic nitrogens is 3. The van der Waals surface area contributed by atoms with Crippen molar-refractivity contribution < 1.29 is 0 Å². The van der Waals surface area contributed by atoms with E-state index < -0.39 is 0 Å². The van der Waals surface area contributed by atoms with Gasteiger partial charge in [0.15, 0.2) is 5.82 Å². The largest absolute Gasteiger partial charge is 0.397 e. The van der Waals surface area contributed by atoms with Crippen LogP contribution in [-0.2, 0) is 6.54 Å². The zero-order chi connectivity index (χ0) is 11.0. The van der Waals surface area contributed by atoms with Crippen LogP contribution in [0.4, 0.5) is 5.69 Å². The number of nitrogens with two attached hydrogens (primary N) is 1. The quantitative estimate of drug-likeness (QED) is 0.847. The van der Waals surface area contributed by atoms with E-state index in [1.165, 1.54) is 0 Å². The zero-order valence-corrected chi connectivity index (χ0v) is 9.93. The maximum Gasteiger partial charge on any atom is 0.176 e. The number of rotatable bonds is 2. The Bertz CT molecular complexity index is 484. The van der Waals surface area contributed by atoms with Crippen molar-refractivity contribution in [2.45, 2.75) is 27.3 Å². The van der Waals surface area contributed by atoms with Crippen molar-refractivity contribution in [3.63, 3.8) is 0 Å². The van der Waals surface area contributed by atoms with Gasteiger partial charge >= 0.3 is 0 Å². The van der Waals surface area contributed by atoms with Crippen LogP contribution < -0.4 is 5.73 Å². The molecular formula is C10H14N4S. The molecule has 0 aliphatic rings. The van der Waals surface area contributed by atoms with E-state index in [-0.39, 0.29) is 0 Å². The molecule has 0 saturated carbocycles. The highest BCUT2D eigenvalue weighted by atomic mass is 32.1. The molecule has 15 heavy (non-hydrogen) atoms. The molecule has 0 atom stereocenters. The highest BCUT2D eigenvalue weighted by molar-refractivity contribution is 7.14. The molecule has 2 rings (SSSR count). The van der Waals surface area contributed by atoms with E-state index in [2.05, 4.69) is 27.1 Å². The monoisotopic (exact) mass is 222 g/mol. The number of hydrogen-bond donors (Lipinski definition) is 1. The van der Waals surface area contributed by atoms with Crippen LogP contribution in [-0.4, -0.2) is 14.8 Å². The minimum absolute atomic E-state index is 0.821. The summed E-state index contributed by atoms with van der Waals surface area (Å²) in [6.45, 7) is 6.91. The second-order valence-electron chi connectivity index (χ2n) is 3.48. The summed E-state index contributed by atoms with van der Waals surface area (Å²) in [7, 11) is 0. The van der Waals surface area contributed by atoms with Crippen LogP contribution in [0.1, 0.15) is 18.3 Å². The second-order valence-corrected chi connectivity index (χ2v) is 4.36. The molecule has 0 amide bonds. The molecule has 0 aromatic carbocycles. The second kappa shape index (κ2) is 3.66. The molecule has 0 fully saturated rings. The SMILES string of the molecule is CCn1c(C)nnc1-c1scc(C)c1N. The molecule has 0 unspecified atom stereocenters. The first-order chi connectivity index (χ1) is 7.15. The Hall–Kier alpha value is -1.36. The normalized spacial score (nSPS) is 10.9. The van der Waals surface area contributed by atoms with Crippen molar-refractivity contribution in [2.24, 2.45) is 0 Å². The van der Waals surface area contributed by atoms with E-state index in [1.807, 2.05) is 13.8 Å². The number of anilines is 1. The van der Waals surface area contributed by atoms with E-state index in [0.717, 1.165) is 34.3 Å². The van der Waals surface area contributed by atoms with Gasteiger partial charge in [-0.1, -0.05) is 0 Å². The summed E-state index contributed by atoms with van der Waals surface area (Å²) in [5.74, 6) is 1.81. The molecule has 0 saturated heterocycles. The van der Waals surface area contributed by atoms with Gasteiger partial charge in [0.2, 0.25) is 0 Å². The third-order valence-corrected chi connectivity index (χ3v) is 3.59. The molecule has 0 bridgehead atoms. The first-order valence-electron chi connectivity index (χ1n) is 4.88. The number of nitrogen functional groups attached to an aromatic ring is 1. The van der Waals surface area contributed by atoms with Gasteiger partial charge in [0.05, 0.1) is 10.6 Å². The number of nitrogens with zero attached hydrogens (tertiary/aromatic N) is 3. The van der Waals surface area contributed by atoms with E-state index in [4.69, 9.17) is 5.73 Å². The van der Waals surface area contributed by atoms with E-state index in [0.29, 0.717) is 0 Å². The van der Waals surface area contributed by atoms with Crippen LogP contribution in [0.25, 0.3) is 10.7 Å². The van der Waals surface area contributed by atoms with Gasteiger partial charge in [-0.3, -0.25) is 0 Å². The predicted molar refractivity (Wildman–Crippen MR) is 62.9 cm³/mol. The molecule has 80 valence electrons. The Morgan fingerprint density at radius 3 is 2.67 bits per heavy atom. The van der Waals surface area contributed by atoms with Crippen LogP contribution in [0.3, 0.4) is 0 Å². The fourth-order valence-electron chi connectivity index (χ4n) is 1.55. The van der Waals surface area contributed by atoms with Gasteiger partial charge in [-0.15, -0.1) is 21.5 Å². The Morgan fingerprint density at radius 2 is 2.13 bits per heavy atom. The third kappa shape index (κ3) is 1.52. The molecule has 0 aliphatic heterocycles. The van der Waals surface area contributed by atoms with Gasteiger partial charge < -0.3 is 10.3 Å². The molecule has 5 heteroatoms. The number of hydrogen-bond acceptors (Lipinski definition) is 4. The van der Waals surface area contributed by atoms with Gasteiger partial charge in [0.25, 0.3) is 0 Å². The average molecular weight is 222 g/mol. The molecule has 2 N–H and O–H groups in total. The van der Waals surface area contributed by atoms with Crippen LogP contribution in [0.15, 0.2) is 5.38 Å². The Morgan fingerprint density at radius 1 is 1.40 bits per heavy atom. The first-order valence-corrected chi connectivity index (χ1v) is 5.76. The highest BCUT2D eigenvalue weighted by Gasteiger charge is 2.15. The molecule has 4 nitrogen and oxygen atoms in total. The first kappa shape index (κ1) is 10.2. The minimum atomic E-state index is 0.821. The van der Waals surface area contributed by atoms with Crippen LogP contribution >= 0.6 is 11.3 Å². The van der Waals surface area contributed by atoms with Gasteiger partial charge in [-0.25, -0.2) is 0 Å². The Kier molecular flexibility index (Phi) is 2.48. The fourth-order valence-corrected chi connectivity index (χ4v) is 2.52. The summed E-state index contributed by atoms with van der Waals surface area (Å²) in [6, 6.07) is 0. The highest BCUT2D eigenvalue weighted by Crippen LogP contribution is 2.33. The molecule has 0 aliphatic carbocycles. The lowest BCUT2D eigenvalue weighted by atomic mass is 10.3.